The van der Waals surface area contributed by atoms with Crippen LogP contribution in [0.3, 0.4) is 0 Å². The molecule has 1 aliphatic rings. The van der Waals surface area contributed by atoms with Crippen LogP contribution in [0.2, 0.25) is 0 Å². The second-order valence-corrected chi connectivity index (χ2v) is 5.62. The Labute approximate surface area is 102 Å². The molecular formula is C12H21N3S. The second kappa shape index (κ2) is 5.73. The molecule has 0 spiro atoms. The van der Waals surface area contributed by atoms with E-state index in [1.807, 2.05) is 17.9 Å². The van der Waals surface area contributed by atoms with Crippen LogP contribution in [0.25, 0.3) is 0 Å². The highest BCUT2D eigenvalue weighted by molar-refractivity contribution is 7.99. The van der Waals surface area contributed by atoms with E-state index in [9.17, 15) is 0 Å². The molecule has 2 rings (SSSR count). The Bertz CT molecular complexity index is 324. The van der Waals surface area contributed by atoms with Gasteiger partial charge in [-0.05, 0) is 37.1 Å². The standard InChI is InChI=1S/C12H21N3S/c1-3-5-13-12-9-16-8-10(12)7-11-4-6-15(2)14-11/h4,6,10,12-13H,3,5,7-9H2,1-2H3. The van der Waals surface area contributed by atoms with Crippen molar-refractivity contribution in [3.8, 4) is 0 Å². The normalized spacial score (nSPS) is 25.1. The van der Waals surface area contributed by atoms with Crippen molar-refractivity contribution >= 4 is 11.8 Å². The third kappa shape index (κ3) is 3.01. The van der Waals surface area contributed by atoms with Crippen molar-refractivity contribution in [2.45, 2.75) is 25.8 Å². The zero-order valence-electron chi connectivity index (χ0n) is 10.1. The number of thioether (sulfide) groups is 1. The van der Waals surface area contributed by atoms with Crippen LogP contribution in [0.1, 0.15) is 19.0 Å². The number of hydrogen-bond acceptors (Lipinski definition) is 3. The predicted molar refractivity (Wildman–Crippen MR) is 69.8 cm³/mol. The van der Waals surface area contributed by atoms with Gasteiger partial charge in [-0.1, -0.05) is 6.92 Å². The fourth-order valence-corrected chi connectivity index (χ4v) is 3.63. The molecule has 4 heteroatoms. The highest BCUT2D eigenvalue weighted by atomic mass is 32.2. The van der Waals surface area contributed by atoms with Crippen LogP contribution < -0.4 is 5.32 Å². The summed E-state index contributed by atoms with van der Waals surface area (Å²) in [5, 5.41) is 8.12. The van der Waals surface area contributed by atoms with E-state index in [1.54, 1.807) is 0 Å². The molecule has 2 atom stereocenters. The minimum absolute atomic E-state index is 0.687. The quantitative estimate of drug-likeness (QED) is 0.848. The van der Waals surface area contributed by atoms with Gasteiger partial charge in [-0.25, -0.2) is 0 Å². The molecule has 2 heterocycles. The van der Waals surface area contributed by atoms with Crippen LogP contribution in [-0.4, -0.2) is 33.9 Å². The summed E-state index contributed by atoms with van der Waals surface area (Å²) in [6.45, 7) is 3.37. The van der Waals surface area contributed by atoms with Crippen molar-refractivity contribution in [1.29, 1.82) is 0 Å². The summed E-state index contributed by atoms with van der Waals surface area (Å²) in [6, 6.07) is 2.83. The molecule has 0 aromatic carbocycles. The molecular weight excluding hydrogens is 218 g/mol. The minimum atomic E-state index is 0.687. The van der Waals surface area contributed by atoms with Gasteiger partial charge in [-0.3, -0.25) is 4.68 Å². The lowest BCUT2D eigenvalue weighted by Crippen LogP contribution is -2.36. The molecule has 1 aromatic heterocycles. The fourth-order valence-electron chi connectivity index (χ4n) is 2.20. The predicted octanol–water partition coefficient (Wildman–Crippen LogP) is 1.69. The van der Waals surface area contributed by atoms with Crippen LogP contribution in [0.4, 0.5) is 0 Å². The zero-order chi connectivity index (χ0) is 11.4. The molecule has 0 aliphatic carbocycles. The molecule has 1 N–H and O–H groups in total. The third-order valence-corrected chi connectivity index (χ3v) is 4.35. The van der Waals surface area contributed by atoms with E-state index in [4.69, 9.17) is 0 Å². The molecule has 1 aliphatic heterocycles. The molecule has 0 radical (unpaired) electrons. The Balaban J connectivity index is 1.88. The van der Waals surface area contributed by atoms with Gasteiger partial charge in [0.05, 0.1) is 5.69 Å². The first-order valence-electron chi connectivity index (χ1n) is 6.09. The molecule has 0 amide bonds. The van der Waals surface area contributed by atoms with Gasteiger partial charge in [0.25, 0.3) is 0 Å². The lowest BCUT2D eigenvalue weighted by molar-refractivity contribution is 0.421. The highest BCUT2D eigenvalue weighted by Gasteiger charge is 2.27. The Kier molecular flexibility index (Phi) is 4.29. The summed E-state index contributed by atoms with van der Waals surface area (Å²) >= 11 is 2.07. The van der Waals surface area contributed by atoms with Crippen molar-refractivity contribution < 1.29 is 0 Å². The molecule has 1 fully saturated rings. The monoisotopic (exact) mass is 239 g/mol. The van der Waals surface area contributed by atoms with Crippen molar-refractivity contribution in [3.63, 3.8) is 0 Å². The fraction of sp³-hybridized carbons (Fsp3) is 0.750. The Morgan fingerprint density at radius 1 is 1.56 bits per heavy atom. The summed E-state index contributed by atoms with van der Waals surface area (Å²) < 4.78 is 1.89. The number of aryl methyl sites for hydroxylation is 1. The number of rotatable bonds is 5. The molecule has 1 aromatic rings. The van der Waals surface area contributed by atoms with Crippen molar-refractivity contribution in [2.75, 3.05) is 18.1 Å². The van der Waals surface area contributed by atoms with E-state index in [2.05, 4.69) is 35.2 Å². The average Bonchev–Trinajstić information content (AvgIpc) is 2.86. The van der Waals surface area contributed by atoms with Crippen LogP contribution in [-0.2, 0) is 13.5 Å². The SMILES string of the molecule is CCCNC1CSCC1Cc1ccn(C)n1. The van der Waals surface area contributed by atoms with E-state index in [-0.39, 0.29) is 0 Å². The molecule has 1 saturated heterocycles. The van der Waals surface area contributed by atoms with Gasteiger partial charge >= 0.3 is 0 Å². The third-order valence-electron chi connectivity index (χ3n) is 3.10. The summed E-state index contributed by atoms with van der Waals surface area (Å²) in [5.41, 5.74) is 1.23. The highest BCUT2D eigenvalue weighted by Crippen LogP contribution is 2.26. The van der Waals surface area contributed by atoms with Crippen molar-refractivity contribution in [2.24, 2.45) is 13.0 Å². The van der Waals surface area contributed by atoms with E-state index >= 15 is 0 Å². The largest absolute Gasteiger partial charge is 0.313 e. The van der Waals surface area contributed by atoms with Gasteiger partial charge in [0, 0.05) is 25.0 Å². The van der Waals surface area contributed by atoms with Gasteiger partial charge < -0.3 is 5.32 Å². The number of nitrogens with zero attached hydrogens (tertiary/aromatic N) is 2. The van der Waals surface area contributed by atoms with Gasteiger partial charge in [-0.2, -0.15) is 16.9 Å². The first kappa shape index (κ1) is 12.0. The maximum Gasteiger partial charge on any atom is 0.0628 e. The lowest BCUT2D eigenvalue weighted by Gasteiger charge is -2.18. The molecule has 16 heavy (non-hydrogen) atoms. The van der Waals surface area contributed by atoms with E-state index in [0.29, 0.717) is 6.04 Å². The topological polar surface area (TPSA) is 29.9 Å². The molecule has 3 nitrogen and oxygen atoms in total. The number of aromatic nitrogens is 2. The van der Waals surface area contributed by atoms with Gasteiger partial charge in [0.2, 0.25) is 0 Å². The van der Waals surface area contributed by atoms with Crippen LogP contribution >= 0.6 is 11.8 Å². The van der Waals surface area contributed by atoms with Crippen LogP contribution in [0.15, 0.2) is 12.3 Å². The summed E-state index contributed by atoms with van der Waals surface area (Å²) in [6.07, 6.45) is 4.37. The number of nitrogens with one attached hydrogen (secondary N) is 1. The second-order valence-electron chi connectivity index (χ2n) is 4.54. The molecule has 0 saturated carbocycles. The first-order valence-corrected chi connectivity index (χ1v) is 7.24. The minimum Gasteiger partial charge on any atom is -0.313 e. The van der Waals surface area contributed by atoms with Gasteiger partial charge in [-0.15, -0.1) is 0 Å². The first-order chi connectivity index (χ1) is 7.79. The summed E-state index contributed by atoms with van der Waals surface area (Å²) in [7, 11) is 1.99. The summed E-state index contributed by atoms with van der Waals surface area (Å²) in [5.74, 6) is 3.29. The van der Waals surface area contributed by atoms with Gasteiger partial charge in [0.15, 0.2) is 0 Å². The average molecular weight is 239 g/mol. The van der Waals surface area contributed by atoms with E-state index in [1.165, 1.54) is 23.6 Å². The van der Waals surface area contributed by atoms with Gasteiger partial charge in [0.1, 0.15) is 0 Å². The number of hydrogen-bond donors (Lipinski definition) is 1. The van der Waals surface area contributed by atoms with Crippen LogP contribution in [0.5, 0.6) is 0 Å². The van der Waals surface area contributed by atoms with Crippen molar-refractivity contribution in [3.05, 3.63) is 18.0 Å². The van der Waals surface area contributed by atoms with Crippen molar-refractivity contribution in [1.82, 2.24) is 15.1 Å². The maximum atomic E-state index is 4.47. The Morgan fingerprint density at radius 3 is 3.12 bits per heavy atom. The Morgan fingerprint density at radius 2 is 2.44 bits per heavy atom. The molecule has 90 valence electrons. The smallest absolute Gasteiger partial charge is 0.0628 e. The lowest BCUT2D eigenvalue weighted by atomic mass is 9.98. The van der Waals surface area contributed by atoms with E-state index < -0.39 is 0 Å². The zero-order valence-corrected chi connectivity index (χ0v) is 11.0. The molecule has 2 unspecified atom stereocenters. The maximum absolute atomic E-state index is 4.47. The summed E-state index contributed by atoms with van der Waals surface area (Å²) in [4.78, 5) is 0. The van der Waals surface area contributed by atoms with E-state index in [0.717, 1.165) is 18.9 Å². The van der Waals surface area contributed by atoms with Crippen LogP contribution in [0, 0.1) is 5.92 Å². The Hall–Kier alpha value is -0.480. The molecule has 0 bridgehead atoms.